The van der Waals surface area contributed by atoms with Gasteiger partial charge in [0.15, 0.2) is 5.65 Å². The van der Waals surface area contributed by atoms with Crippen LogP contribution in [0.3, 0.4) is 0 Å². The summed E-state index contributed by atoms with van der Waals surface area (Å²) < 4.78 is 1.62. The van der Waals surface area contributed by atoms with Crippen molar-refractivity contribution in [2.75, 3.05) is 0 Å². The second kappa shape index (κ2) is 3.04. The largest absolute Gasteiger partial charge is 0.478 e. The Bertz CT molecular complexity index is 584. The second-order valence-electron chi connectivity index (χ2n) is 4.18. The molecule has 0 radical (unpaired) electrons. The van der Waals surface area contributed by atoms with Crippen molar-refractivity contribution >= 4 is 11.6 Å². The van der Waals surface area contributed by atoms with Crippen molar-refractivity contribution in [2.45, 2.75) is 25.7 Å². The first-order valence-electron chi connectivity index (χ1n) is 5.25. The van der Waals surface area contributed by atoms with Crippen molar-refractivity contribution < 1.29 is 9.90 Å². The number of hydrogen-bond donors (Lipinski definition) is 1. The predicted octanol–water partition coefficient (Wildman–Crippen LogP) is 1.61. The molecule has 1 saturated carbocycles. The van der Waals surface area contributed by atoms with Crippen LogP contribution in [-0.2, 0) is 0 Å². The molecule has 1 N–H and O–H groups in total. The monoisotopic (exact) mass is 217 g/mol. The van der Waals surface area contributed by atoms with Crippen molar-refractivity contribution in [2.24, 2.45) is 0 Å². The Morgan fingerprint density at radius 3 is 2.94 bits per heavy atom. The van der Waals surface area contributed by atoms with Gasteiger partial charge >= 0.3 is 5.97 Å². The molecule has 1 aliphatic carbocycles. The van der Waals surface area contributed by atoms with Gasteiger partial charge in [-0.3, -0.25) is 0 Å². The molecule has 5 heteroatoms. The van der Waals surface area contributed by atoms with E-state index in [1.165, 1.54) is 19.0 Å². The number of aromatic carboxylic acids is 1. The number of fused-ring (bicyclic) bond motifs is 1. The van der Waals surface area contributed by atoms with Crippen LogP contribution in [0.25, 0.3) is 5.65 Å². The van der Waals surface area contributed by atoms with E-state index in [4.69, 9.17) is 5.11 Å². The summed E-state index contributed by atoms with van der Waals surface area (Å²) in [6.45, 7) is 1.75. The summed E-state index contributed by atoms with van der Waals surface area (Å²) in [5, 5.41) is 13.4. The fraction of sp³-hybridized carbons (Fsp3) is 0.364. The van der Waals surface area contributed by atoms with Gasteiger partial charge in [-0.15, -0.1) is 0 Å². The molecule has 5 nitrogen and oxygen atoms in total. The van der Waals surface area contributed by atoms with E-state index >= 15 is 0 Å². The molecule has 3 rings (SSSR count). The Hall–Kier alpha value is -1.91. The number of aromatic nitrogens is 3. The SMILES string of the molecule is Cc1c(C(=O)O)cnc2cc(C3CC3)nn12. The van der Waals surface area contributed by atoms with Crippen LogP contribution in [-0.4, -0.2) is 25.7 Å². The van der Waals surface area contributed by atoms with E-state index in [1.807, 2.05) is 6.07 Å². The highest BCUT2D eigenvalue weighted by Crippen LogP contribution is 2.39. The molecular formula is C11H11N3O2. The van der Waals surface area contributed by atoms with Crippen molar-refractivity contribution in [1.82, 2.24) is 14.6 Å². The molecule has 0 saturated heterocycles. The highest BCUT2D eigenvalue weighted by Gasteiger charge is 2.27. The summed E-state index contributed by atoms with van der Waals surface area (Å²) >= 11 is 0. The summed E-state index contributed by atoms with van der Waals surface area (Å²) in [4.78, 5) is 15.1. The number of carbonyl (C=O) groups is 1. The molecule has 1 fully saturated rings. The van der Waals surface area contributed by atoms with E-state index in [0.717, 1.165) is 11.3 Å². The maximum absolute atomic E-state index is 10.9. The Morgan fingerprint density at radius 1 is 1.56 bits per heavy atom. The van der Waals surface area contributed by atoms with E-state index in [1.54, 1.807) is 11.4 Å². The first-order valence-corrected chi connectivity index (χ1v) is 5.25. The van der Waals surface area contributed by atoms with E-state index < -0.39 is 5.97 Å². The molecule has 2 aromatic rings. The molecule has 0 amide bonds. The van der Waals surface area contributed by atoms with Gasteiger partial charge < -0.3 is 5.11 Å². The van der Waals surface area contributed by atoms with E-state index in [-0.39, 0.29) is 5.56 Å². The summed E-state index contributed by atoms with van der Waals surface area (Å²) in [6.07, 6.45) is 3.74. The minimum absolute atomic E-state index is 0.206. The smallest absolute Gasteiger partial charge is 0.339 e. The van der Waals surface area contributed by atoms with Crippen molar-refractivity contribution in [3.05, 3.63) is 29.2 Å². The van der Waals surface area contributed by atoms with Gasteiger partial charge in [0.25, 0.3) is 0 Å². The minimum atomic E-state index is -0.963. The number of nitrogens with zero attached hydrogens (tertiary/aromatic N) is 3. The summed E-state index contributed by atoms with van der Waals surface area (Å²) in [5.41, 5.74) is 2.59. The molecule has 0 spiro atoms. The first kappa shape index (κ1) is 9.33. The van der Waals surface area contributed by atoms with Gasteiger partial charge in [-0.1, -0.05) is 0 Å². The van der Waals surface area contributed by atoms with Crippen LogP contribution >= 0.6 is 0 Å². The van der Waals surface area contributed by atoms with Gasteiger partial charge in [0.1, 0.15) is 0 Å². The molecule has 1 aliphatic rings. The molecular weight excluding hydrogens is 206 g/mol. The third-order valence-electron chi connectivity index (χ3n) is 2.97. The molecule has 0 atom stereocenters. The van der Waals surface area contributed by atoms with Gasteiger partial charge in [0, 0.05) is 18.2 Å². The van der Waals surface area contributed by atoms with E-state index in [0.29, 0.717) is 11.6 Å². The third-order valence-corrected chi connectivity index (χ3v) is 2.97. The van der Waals surface area contributed by atoms with Crippen molar-refractivity contribution in [1.29, 1.82) is 0 Å². The molecule has 0 aliphatic heterocycles. The average molecular weight is 217 g/mol. The van der Waals surface area contributed by atoms with Gasteiger partial charge in [0.2, 0.25) is 0 Å². The van der Waals surface area contributed by atoms with Gasteiger partial charge in [0.05, 0.1) is 17.0 Å². The van der Waals surface area contributed by atoms with Crippen LogP contribution < -0.4 is 0 Å². The lowest BCUT2D eigenvalue weighted by molar-refractivity contribution is 0.0695. The van der Waals surface area contributed by atoms with Crippen LogP contribution in [0.4, 0.5) is 0 Å². The maximum Gasteiger partial charge on any atom is 0.339 e. The Labute approximate surface area is 91.7 Å². The molecule has 82 valence electrons. The highest BCUT2D eigenvalue weighted by molar-refractivity contribution is 5.88. The number of aryl methyl sites for hydroxylation is 1. The maximum atomic E-state index is 10.9. The number of rotatable bonds is 2. The Morgan fingerprint density at radius 2 is 2.31 bits per heavy atom. The summed E-state index contributed by atoms with van der Waals surface area (Å²) in [5.74, 6) is -0.412. The average Bonchev–Trinajstić information content (AvgIpc) is 2.99. The Kier molecular flexibility index (Phi) is 1.77. The van der Waals surface area contributed by atoms with Crippen molar-refractivity contribution in [3.63, 3.8) is 0 Å². The quantitative estimate of drug-likeness (QED) is 0.829. The van der Waals surface area contributed by atoms with E-state index in [2.05, 4.69) is 10.1 Å². The zero-order valence-electron chi connectivity index (χ0n) is 8.84. The standard InChI is InChI=1S/C11H11N3O2/c1-6-8(11(15)16)5-12-10-4-9(7-2-3-7)13-14(6)10/h4-5,7H,2-3H2,1H3,(H,15,16). The molecule has 0 bridgehead atoms. The first-order chi connectivity index (χ1) is 7.66. The predicted molar refractivity (Wildman–Crippen MR) is 56.7 cm³/mol. The van der Waals surface area contributed by atoms with Crippen molar-refractivity contribution in [3.8, 4) is 0 Å². The molecule has 0 unspecified atom stereocenters. The number of carboxylic acid groups (broad SMARTS) is 1. The molecule has 0 aromatic carbocycles. The van der Waals surface area contributed by atoms with E-state index in [9.17, 15) is 4.79 Å². The summed E-state index contributed by atoms with van der Waals surface area (Å²) in [6, 6.07) is 1.94. The number of carboxylic acids is 1. The molecule has 16 heavy (non-hydrogen) atoms. The fourth-order valence-electron chi connectivity index (χ4n) is 1.85. The lowest BCUT2D eigenvalue weighted by Gasteiger charge is -2.01. The van der Waals surface area contributed by atoms with Gasteiger partial charge in [-0.05, 0) is 19.8 Å². The zero-order chi connectivity index (χ0) is 11.3. The lowest BCUT2D eigenvalue weighted by atomic mass is 10.2. The highest BCUT2D eigenvalue weighted by atomic mass is 16.4. The van der Waals surface area contributed by atoms with Crippen LogP contribution in [0, 0.1) is 6.92 Å². The number of hydrogen-bond acceptors (Lipinski definition) is 3. The Balaban J connectivity index is 2.22. The van der Waals surface area contributed by atoms with Crippen LogP contribution in [0.1, 0.15) is 40.5 Å². The van der Waals surface area contributed by atoms with Crippen LogP contribution in [0.5, 0.6) is 0 Å². The minimum Gasteiger partial charge on any atom is -0.478 e. The molecule has 2 aromatic heterocycles. The lowest BCUT2D eigenvalue weighted by Crippen LogP contribution is -2.06. The third kappa shape index (κ3) is 1.28. The van der Waals surface area contributed by atoms with Gasteiger partial charge in [-0.25, -0.2) is 14.3 Å². The second-order valence-corrected chi connectivity index (χ2v) is 4.18. The summed E-state index contributed by atoms with van der Waals surface area (Å²) in [7, 11) is 0. The van der Waals surface area contributed by atoms with Crippen LogP contribution in [0.2, 0.25) is 0 Å². The molecule has 2 heterocycles. The van der Waals surface area contributed by atoms with Gasteiger partial charge in [-0.2, -0.15) is 5.10 Å². The fourth-order valence-corrected chi connectivity index (χ4v) is 1.85. The van der Waals surface area contributed by atoms with Crippen LogP contribution in [0.15, 0.2) is 12.3 Å². The zero-order valence-corrected chi connectivity index (χ0v) is 8.84. The normalized spacial score (nSPS) is 15.6. The topological polar surface area (TPSA) is 67.5 Å².